The van der Waals surface area contributed by atoms with E-state index in [2.05, 4.69) is 0 Å². The number of rotatable bonds is 4. The van der Waals surface area contributed by atoms with Crippen LogP contribution < -0.4 is 4.74 Å². The molecule has 0 amide bonds. The lowest BCUT2D eigenvalue weighted by Gasteiger charge is -2.37. The summed E-state index contributed by atoms with van der Waals surface area (Å²) < 4.78 is 55.0. The van der Waals surface area contributed by atoms with Gasteiger partial charge in [0.2, 0.25) is 16.4 Å². The largest absolute Gasteiger partial charge is 0.495 e. The summed E-state index contributed by atoms with van der Waals surface area (Å²) in [6.45, 7) is -0.282. The molecule has 2 rings (SSSR count). The molecule has 0 radical (unpaired) electrons. The minimum absolute atomic E-state index is 0.0141. The Hall–Kier alpha value is -1.21. The highest BCUT2D eigenvalue weighted by Crippen LogP contribution is 2.32. The van der Waals surface area contributed by atoms with Gasteiger partial charge in [-0.2, -0.15) is 4.31 Å². The number of methoxy groups -OCH3 is 1. The SMILES string of the molecule is COc1ccccc1S(=O)(=O)N1CC(C(F)F)C1. The maximum Gasteiger partial charge on any atom is 0.246 e. The molecule has 0 unspecified atom stereocenters. The van der Waals surface area contributed by atoms with Gasteiger partial charge < -0.3 is 4.74 Å². The van der Waals surface area contributed by atoms with E-state index in [-0.39, 0.29) is 23.7 Å². The summed E-state index contributed by atoms with van der Waals surface area (Å²) in [5, 5.41) is 0. The van der Waals surface area contributed by atoms with E-state index in [0.29, 0.717) is 0 Å². The Morgan fingerprint density at radius 3 is 2.50 bits per heavy atom. The molecule has 1 saturated heterocycles. The first-order valence-electron chi connectivity index (χ1n) is 5.38. The van der Waals surface area contributed by atoms with Crippen LogP contribution in [0.4, 0.5) is 8.78 Å². The Kier molecular flexibility index (Phi) is 3.54. The zero-order valence-corrected chi connectivity index (χ0v) is 10.5. The third kappa shape index (κ3) is 2.20. The summed E-state index contributed by atoms with van der Waals surface area (Å²) in [4.78, 5) is 0.0141. The third-order valence-corrected chi connectivity index (χ3v) is 4.79. The van der Waals surface area contributed by atoms with Crippen LogP contribution in [-0.4, -0.2) is 39.3 Å². The molecule has 0 bridgehead atoms. The molecule has 0 atom stereocenters. The minimum Gasteiger partial charge on any atom is -0.495 e. The van der Waals surface area contributed by atoms with Gasteiger partial charge >= 0.3 is 0 Å². The van der Waals surface area contributed by atoms with Crippen LogP contribution in [0, 0.1) is 5.92 Å². The molecule has 0 aliphatic carbocycles. The van der Waals surface area contributed by atoms with E-state index in [9.17, 15) is 17.2 Å². The Labute approximate surface area is 104 Å². The number of hydrogen-bond acceptors (Lipinski definition) is 3. The number of benzene rings is 1. The van der Waals surface area contributed by atoms with Crippen LogP contribution in [0.25, 0.3) is 0 Å². The molecule has 0 saturated carbocycles. The highest BCUT2D eigenvalue weighted by atomic mass is 32.2. The van der Waals surface area contributed by atoms with Crippen molar-refractivity contribution in [3.8, 4) is 5.75 Å². The lowest BCUT2D eigenvalue weighted by atomic mass is 10.1. The average Bonchev–Trinajstić information content (AvgIpc) is 2.26. The molecular formula is C11H13F2NO3S. The van der Waals surface area contributed by atoms with Crippen LogP contribution in [0.2, 0.25) is 0 Å². The molecule has 1 aromatic rings. The number of hydrogen-bond donors (Lipinski definition) is 0. The lowest BCUT2D eigenvalue weighted by Crippen LogP contribution is -2.52. The summed E-state index contributed by atoms with van der Waals surface area (Å²) in [7, 11) is -2.37. The van der Waals surface area contributed by atoms with Gasteiger partial charge in [0.05, 0.1) is 7.11 Å². The van der Waals surface area contributed by atoms with Gasteiger partial charge in [-0.3, -0.25) is 0 Å². The number of para-hydroxylation sites is 1. The van der Waals surface area contributed by atoms with Crippen LogP contribution in [-0.2, 0) is 10.0 Å². The number of halogens is 2. The molecule has 100 valence electrons. The minimum atomic E-state index is -3.74. The molecule has 0 spiro atoms. The van der Waals surface area contributed by atoms with Crippen molar-refractivity contribution < 1.29 is 21.9 Å². The smallest absolute Gasteiger partial charge is 0.246 e. The zero-order valence-electron chi connectivity index (χ0n) is 9.71. The van der Waals surface area contributed by atoms with E-state index in [1.54, 1.807) is 12.1 Å². The van der Waals surface area contributed by atoms with Gasteiger partial charge in [0.1, 0.15) is 10.6 Å². The Bertz CT molecular complexity index is 527. The first-order valence-corrected chi connectivity index (χ1v) is 6.82. The standard InChI is InChI=1S/C11H13F2NO3S/c1-17-9-4-2-3-5-10(9)18(15,16)14-6-8(7-14)11(12)13/h2-5,8,11H,6-7H2,1H3. The quantitative estimate of drug-likeness (QED) is 0.839. The predicted molar refractivity (Wildman–Crippen MR) is 61.2 cm³/mol. The van der Waals surface area contributed by atoms with Crippen molar-refractivity contribution in [3.05, 3.63) is 24.3 Å². The van der Waals surface area contributed by atoms with Crippen molar-refractivity contribution in [2.24, 2.45) is 5.92 Å². The lowest BCUT2D eigenvalue weighted by molar-refractivity contribution is 0.0123. The van der Waals surface area contributed by atoms with Crippen molar-refractivity contribution in [2.45, 2.75) is 11.3 Å². The number of alkyl halides is 2. The van der Waals surface area contributed by atoms with Crippen molar-refractivity contribution in [2.75, 3.05) is 20.2 Å². The zero-order chi connectivity index (χ0) is 13.3. The van der Waals surface area contributed by atoms with Crippen LogP contribution in [0.5, 0.6) is 5.75 Å². The summed E-state index contributed by atoms with van der Waals surface area (Å²) in [5.41, 5.74) is 0. The fourth-order valence-corrected chi connectivity index (χ4v) is 3.51. The molecule has 0 aromatic heterocycles. The Morgan fingerprint density at radius 1 is 1.33 bits per heavy atom. The number of sulfonamides is 1. The van der Waals surface area contributed by atoms with E-state index >= 15 is 0 Å². The second-order valence-electron chi connectivity index (χ2n) is 4.07. The van der Waals surface area contributed by atoms with Crippen LogP contribution in [0.1, 0.15) is 0 Å². The van der Waals surface area contributed by atoms with Crippen LogP contribution >= 0.6 is 0 Å². The fourth-order valence-electron chi connectivity index (χ4n) is 1.80. The highest BCUT2D eigenvalue weighted by Gasteiger charge is 2.42. The normalized spacial score (nSPS) is 17.8. The summed E-state index contributed by atoms with van der Waals surface area (Å²) >= 11 is 0. The molecule has 1 aromatic carbocycles. The van der Waals surface area contributed by atoms with Crippen molar-refractivity contribution in [1.82, 2.24) is 4.31 Å². The molecule has 7 heteroatoms. The summed E-state index contributed by atoms with van der Waals surface area (Å²) in [6.07, 6.45) is -2.48. The maximum atomic E-state index is 12.3. The molecule has 1 heterocycles. The van der Waals surface area contributed by atoms with E-state index in [0.717, 1.165) is 4.31 Å². The van der Waals surface area contributed by atoms with Crippen molar-refractivity contribution in [1.29, 1.82) is 0 Å². The van der Waals surface area contributed by atoms with E-state index in [1.807, 2.05) is 0 Å². The monoisotopic (exact) mass is 277 g/mol. The first-order chi connectivity index (χ1) is 8.46. The number of nitrogens with zero attached hydrogens (tertiary/aromatic N) is 1. The van der Waals surface area contributed by atoms with Gasteiger partial charge in [-0.15, -0.1) is 0 Å². The van der Waals surface area contributed by atoms with Crippen LogP contribution in [0.3, 0.4) is 0 Å². The molecule has 1 aliphatic heterocycles. The number of ether oxygens (including phenoxy) is 1. The topological polar surface area (TPSA) is 46.6 Å². The molecule has 1 aliphatic rings. The van der Waals surface area contributed by atoms with E-state index in [4.69, 9.17) is 4.74 Å². The molecule has 18 heavy (non-hydrogen) atoms. The Balaban J connectivity index is 2.23. The predicted octanol–water partition coefficient (Wildman–Crippen LogP) is 1.58. The first kappa shape index (κ1) is 13.2. The fraction of sp³-hybridized carbons (Fsp3) is 0.455. The molecule has 0 N–H and O–H groups in total. The van der Waals surface area contributed by atoms with Gasteiger partial charge in [0.15, 0.2) is 0 Å². The van der Waals surface area contributed by atoms with Gasteiger partial charge in [0, 0.05) is 19.0 Å². The second kappa shape index (κ2) is 4.81. The maximum absolute atomic E-state index is 12.3. The second-order valence-corrected chi connectivity index (χ2v) is 5.97. The molecular weight excluding hydrogens is 264 g/mol. The average molecular weight is 277 g/mol. The van der Waals surface area contributed by atoms with Gasteiger partial charge in [-0.25, -0.2) is 17.2 Å². The van der Waals surface area contributed by atoms with E-state index < -0.39 is 22.4 Å². The van der Waals surface area contributed by atoms with Crippen molar-refractivity contribution in [3.63, 3.8) is 0 Å². The van der Waals surface area contributed by atoms with Gasteiger partial charge in [-0.1, -0.05) is 12.1 Å². The molecule has 1 fully saturated rings. The molecule has 4 nitrogen and oxygen atoms in total. The van der Waals surface area contributed by atoms with Gasteiger partial charge in [-0.05, 0) is 12.1 Å². The van der Waals surface area contributed by atoms with E-state index in [1.165, 1.54) is 19.2 Å². The van der Waals surface area contributed by atoms with Crippen LogP contribution in [0.15, 0.2) is 29.2 Å². The van der Waals surface area contributed by atoms with Gasteiger partial charge in [0.25, 0.3) is 0 Å². The summed E-state index contributed by atoms with van der Waals surface area (Å²) in [5.74, 6) is -0.646. The summed E-state index contributed by atoms with van der Waals surface area (Å²) in [6, 6.07) is 6.15. The third-order valence-electron chi connectivity index (χ3n) is 2.92. The Morgan fingerprint density at radius 2 is 1.94 bits per heavy atom. The van der Waals surface area contributed by atoms with Crippen molar-refractivity contribution >= 4 is 10.0 Å². The highest BCUT2D eigenvalue weighted by molar-refractivity contribution is 7.89.